The molecule has 21 heavy (non-hydrogen) atoms. The van der Waals surface area contributed by atoms with Crippen molar-refractivity contribution in [2.45, 2.75) is 39.2 Å². The molecule has 3 N–H and O–H groups in total. The molecule has 1 atom stereocenters. The summed E-state index contributed by atoms with van der Waals surface area (Å²) in [4.78, 5) is 46.3. The van der Waals surface area contributed by atoms with Crippen LogP contribution in [0.4, 0.5) is 4.79 Å². The zero-order valence-electron chi connectivity index (χ0n) is 12.2. The van der Waals surface area contributed by atoms with E-state index in [-0.39, 0.29) is 31.3 Å². The number of carboxylic acid groups (broad SMARTS) is 1. The van der Waals surface area contributed by atoms with Crippen molar-refractivity contribution in [2.75, 3.05) is 13.1 Å². The Kier molecular flexibility index (Phi) is 6.13. The van der Waals surface area contributed by atoms with Crippen molar-refractivity contribution >= 4 is 23.8 Å². The summed E-state index contributed by atoms with van der Waals surface area (Å²) in [7, 11) is 0. The average molecular weight is 299 g/mol. The fraction of sp³-hybridized carbons (Fsp3) is 0.692. The van der Waals surface area contributed by atoms with E-state index in [0.717, 1.165) is 4.90 Å². The minimum Gasteiger partial charge on any atom is -0.480 e. The van der Waals surface area contributed by atoms with Gasteiger partial charge in [-0.25, -0.2) is 9.59 Å². The first kappa shape index (κ1) is 16.9. The second-order valence-corrected chi connectivity index (χ2v) is 5.40. The van der Waals surface area contributed by atoms with Crippen molar-refractivity contribution < 1.29 is 24.3 Å². The minimum atomic E-state index is -1.06. The quantitative estimate of drug-likeness (QED) is 0.543. The van der Waals surface area contributed by atoms with Gasteiger partial charge in [0, 0.05) is 13.0 Å². The lowest BCUT2D eigenvalue weighted by atomic mass is 10.0. The third kappa shape index (κ3) is 5.41. The molecule has 0 aromatic carbocycles. The Morgan fingerprint density at radius 2 is 2.05 bits per heavy atom. The van der Waals surface area contributed by atoms with Crippen LogP contribution in [0.1, 0.15) is 33.1 Å². The van der Waals surface area contributed by atoms with Gasteiger partial charge in [0.15, 0.2) is 0 Å². The van der Waals surface area contributed by atoms with Gasteiger partial charge in [0.2, 0.25) is 11.8 Å². The predicted molar refractivity (Wildman–Crippen MR) is 73.4 cm³/mol. The molecular formula is C13H21N3O5. The number of rotatable bonds is 8. The zero-order valence-corrected chi connectivity index (χ0v) is 12.2. The Morgan fingerprint density at radius 1 is 1.38 bits per heavy atom. The van der Waals surface area contributed by atoms with Gasteiger partial charge in [0.25, 0.3) is 0 Å². The number of carbonyl (C=O) groups is 4. The van der Waals surface area contributed by atoms with Gasteiger partial charge in [-0.15, -0.1) is 0 Å². The van der Waals surface area contributed by atoms with Crippen LogP contribution in [0.15, 0.2) is 0 Å². The monoisotopic (exact) mass is 299 g/mol. The van der Waals surface area contributed by atoms with Crippen LogP contribution < -0.4 is 10.6 Å². The van der Waals surface area contributed by atoms with Gasteiger partial charge >= 0.3 is 12.0 Å². The summed E-state index contributed by atoms with van der Waals surface area (Å²) in [5, 5.41) is 13.9. The summed E-state index contributed by atoms with van der Waals surface area (Å²) in [6, 6.07) is -1.36. The van der Waals surface area contributed by atoms with Crippen LogP contribution in [0, 0.1) is 5.92 Å². The molecule has 1 aliphatic rings. The van der Waals surface area contributed by atoms with Gasteiger partial charge < -0.3 is 15.7 Å². The number of nitrogens with one attached hydrogen (secondary N) is 2. The molecule has 1 saturated heterocycles. The maximum Gasteiger partial charge on any atom is 0.326 e. The molecule has 0 bridgehead atoms. The van der Waals surface area contributed by atoms with Gasteiger partial charge in [0.05, 0.1) is 6.54 Å². The molecule has 1 aliphatic heterocycles. The Morgan fingerprint density at radius 3 is 2.52 bits per heavy atom. The molecule has 4 amide bonds. The first-order valence-electron chi connectivity index (χ1n) is 6.91. The van der Waals surface area contributed by atoms with Crippen molar-refractivity contribution in [3.05, 3.63) is 0 Å². The summed E-state index contributed by atoms with van der Waals surface area (Å²) in [6.07, 6.45) is 0.728. The fourth-order valence-corrected chi connectivity index (χ4v) is 2.04. The highest BCUT2D eigenvalue weighted by molar-refractivity contribution is 6.01. The maximum absolute atomic E-state index is 11.7. The highest BCUT2D eigenvalue weighted by Crippen LogP contribution is 2.06. The molecule has 8 nitrogen and oxygen atoms in total. The Bertz CT molecular complexity index is 420. The summed E-state index contributed by atoms with van der Waals surface area (Å²) in [5.74, 6) is -1.62. The SMILES string of the molecule is CC(C)CC(NC(=O)CCCN1C(=O)CNC1=O)C(=O)O. The van der Waals surface area contributed by atoms with Crippen LogP contribution >= 0.6 is 0 Å². The Hall–Kier alpha value is -2.12. The molecule has 1 heterocycles. The molecule has 0 aliphatic carbocycles. The number of aliphatic carboxylic acids is 1. The first-order valence-corrected chi connectivity index (χ1v) is 6.91. The number of urea groups is 1. The van der Waals surface area contributed by atoms with Gasteiger partial charge in [-0.05, 0) is 18.8 Å². The van der Waals surface area contributed by atoms with Crippen molar-refractivity contribution in [1.29, 1.82) is 0 Å². The predicted octanol–water partition coefficient (Wildman–Crippen LogP) is -0.0661. The van der Waals surface area contributed by atoms with Crippen LogP contribution in [0.2, 0.25) is 0 Å². The fourth-order valence-electron chi connectivity index (χ4n) is 2.04. The average Bonchev–Trinajstić information content (AvgIpc) is 2.69. The summed E-state index contributed by atoms with van der Waals surface area (Å²) < 4.78 is 0. The number of carboxylic acids is 1. The normalized spacial score (nSPS) is 16.0. The van der Waals surface area contributed by atoms with Crippen LogP contribution in [0.3, 0.4) is 0 Å². The van der Waals surface area contributed by atoms with E-state index in [1.165, 1.54) is 0 Å². The van der Waals surface area contributed by atoms with Crippen molar-refractivity contribution in [1.82, 2.24) is 15.5 Å². The standard InChI is InChI=1S/C13H21N3O5/c1-8(2)6-9(12(19)20)15-10(17)4-3-5-16-11(18)7-14-13(16)21/h8-9H,3-7H2,1-2H3,(H,14,21)(H,15,17)(H,19,20). The second kappa shape index (κ2) is 7.61. The summed E-state index contributed by atoms with van der Waals surface area (Å²) in [5.41, 5.74) is 0. The van der Waals surface area contributed by atoms with E-state index >= 15 is 0 Å². The lowest BCUT2D eigenvalue weighted by Gasteiger charge is -2.17. The molecule has 0 spiro atoms. The maximum atomic E-state index is 11.7. The third-order valence-corrected chi connectivity index (χ3v) is 3.06. The largest absolute Gasteiger partial charge is 0.480 e. The van der Waals surface area contributed by atoms with E-state index in [9.17, 15) is 19.2 Å². The van der Waals surface area contributed by atoms with E-state index in [2.05, 4.69) is 10.6 Å². The number of hydrogen-bond acceptors (Lipinski definition) is 4. The van der Waals surface area contributed by atoms with Crippen molar-refractivity contribution in [2.24, 2.45) is 5.92 Å². The van der Waals surface area contributed by atoms with E-state index in [0.29, 0.717) is 12.8 Å². The number of nitrogens with zero attached hydrogens (tertiary/aromatic N) is 1. The summed E-state index contributed by atoms with van der Waals surface area (Å²) >= 11 is 0. The second-order valence-electron chi connectivity index (χ2n) is 5.40. The van der Waals surface area contributed by atoms with E-state index in [1.807, 2.05) is 13.8 Å². The lowest BCUT2D eigenvalue weighted by molar-refractivity contribution is -0.142. The molecular weight excluding hydrogens is 278 g/mol. The van der Waals surface area contributed by atoms with E-state index in [4.69, 9.17) is 5.11 Å². The van der Waals surface area contributed by atoms with Gasteiger partial charge in [0.1, 0.15) is 6.04 Å². The highest BCUT2D eigenvalue weighted by atomic mass is 16.4. The van der Waals surface area contributed by atoms with Gasteiger partial charge in [-0.2, -0.15) is 0 Å². The van der Waals surface area contributed by atoms with Crippen LogP contribution in [-0.4, -0.2) is 53.0 Å². The molecule has 118 valence electrons. The third-order valence-electron chi connectivity index (χ3n) is 3.06. The molecule has 8 heteroatoms. The van der Waals surface area contributed by atoms with Crippen molar-refractivity contribution in [3.8, 4) is 0 Å². The number of imide groups is 1. The van der Waals surface area contributed by atoms with Crippen LogP contribution in [0.25, 0.3) is 0 Å². The van der Waals surface area contributed by atoms with E-state index in [1.54, 1.807) is 0 Å². The molecule has 1 rings (SSSR count). The lowest BCUT2D eigenvalue weighted by Crippen LogP contribution is -2.42. The minimum absolute atomic E-state index is 0.0134. The Labute approximate surface area is 122 Å². The van der Waals surface area contributed by atoms with Gasteiger partial charge in [-0.3, -0.25) is 14.5 Å². The first-order chi connectivity index (χ1) is 9.81. The van der Waals surface area contributed by atoms with Crippen LogP contribution in [-0.2, 0) is 14.4 Å². The zero-order chi connectivity index (χ0) is 16.0. The van der Waals surface area contributed by atoms with Gasteiger partial charge in [-0.1, -0.05) is 13.8 Å². The number of hydrogen-bond donors (Lipinski definition) is 3. The van der Waals surface area contributed by atoms with Crippen LogP contribution in [0.5, 0.6) is 0 Å². The molecule has 1 fully saturated rings. The molecule has 0 aromatic heterocycles. The Balaban J connectivity index is 2.34. The summed E-state index contributed by atoms with van der Waals surface area (Å²) in [6.45, 7) is 3.89. The molecule has 0 saturated carbocycles. The number of amides is 4. The topological polar surface area (TPSA) is 116 Å². The highest BCUT2D eigenvalue weighted by Gasteiger charge is 2.28. The smallest absolute Gasteiger partial charge is 0.326 e. The molecule has 1 unspecified atom stereocenters. The molecule has 0 aromatic rings. The molecule has 0 radical (unpaired) electrons. The van der Waals surface area contributed by atoms with Crippen molar-refractivity contribution in [3.63, 3.8) is 0 Å². The van der Waals surface area contributed by atoms with E-state index < -0.39 is 23.9 Å². The number of carbonyl (C=O) groups excluding carboxylic acids is 3.